The molecule has 32 heavy (non-hydrogen) atoms. The lowest BCUT2D eigenvalue weighted by molar-refractivity contribution is -0.0292. The summed E-state index contributed by atoms with van der Waals surface area (Å²) >= 11 is 0. The lowest BCUT2D eigenvalue weighted by Crippen LogP contribution is -2.52. The van der Waals surface area contributed by atoms with Crippen LogP contribution in [-0.4, -0.2) is 56.2 Å². The van der Waals surface area contributed by atoms with Crippen molar-refractivity contribution in [3.8, 4) is 0 Å². The molecule has 7 heteroatoms. The summed E-state index contributed by atoms with van der Waals surface area (Å²) in [7, 11) is 1.81. The van der Waals surface area contributed by atoms with Crippen LogP contribution in [0.3, 0.4) is 0 Å². The molecule has 0 radical (unpaired) electrons. The van der Waals surface area contributed by atoms with Crippen LogP contribution < -0.4 is 5.56 Å². The average Bonchev–Trinajstić information content (AvgIpc) is 2.80. The van der Waals surface area contributed by atoms with Gasteiger partial charge >= 0.3 is 6.03 Å². The van der Waals surface area contributed by atoms with E-state index in [2.05, 4.69) is 4.98 Å². The number of hydrogen-bond donors (Lipinski definition) is 1. The minimum atomic E-state index is -1.05. The fourth-order valence-electron chi connectivity index (χ4n) is 4.31. The first-order chi connectivity index (χ1) is 15.3. The first-order valence-electron chi connectivity index (χ1n) is 11.0. The second kappa shape index (κ2) is 8.74. The number of rotatable bonds is 4. The zero-order valence-corrected chi connectivity index (χ0v) is 18.9. The van der Waals surface area contributed by atoms with Gasteiger partial charge in [0.15, 0.2) is 0 Å². The van der Waals surface area contributed by atoms with E-state index < -0.39 is 5.60 Å². The van der Waals surface area contributed by atoms with Crippen molar-refractivity contribution in [3.05, 3.63) is 76.3 Å². The summed E-state index contributed by atoms with van der Waals surface area (Å²) in [4.78, 5) is 33.8. The molecule has 0 bridgehead atoms. The van der Waals surface area contributed by atoms with Crippen LogP contribution in [0.25, 0.3) is 10.9 Å². The number of amides is 2. The highest BCUT2D eigenvalue weighted by Crippen LogP contribution is 2.26. The Hall–Kier alpha value is -3.19. The van der Waals surface area contributed by atoms with Crippen molar-refractivity contribution in [2.24, 2.45) is 0 Å². The van der Waals surface area contributed by atoms with Gasteiger partial charge in [0.1, 0.15) is 0 Å². The normalized spacial score (nSPS) is 16.7. The van der Waals surface area contributed by atoms with E-state index in [0.717, 1.165) is 11.1 Å². The van der Waals surface area contributed by atoms with Gasteiger partial charge in [0.25, 0.3) is 5.56 Å². The molecule has 7 nitrogen and oxygen atoms in total. The second-order valence-electron chi connectivity index (χ2n) is 8.89. The molecule has 1 fully saturated rings. The molecule has 168 valence electrons. The monoisotopic (exact) mass is 434 g/mol. The number of piperidine rings is 1. The number of fused-ring (bicyclic) bond motifs is 1. The highest BCUT2D eigenvalue weighted by Gasteiger charge is 2.36. The lowest BCUT2D eigenvalue weighted by Gasteiger charge is -2.40. The molecule has 3 aromatic rings. The highest BCUT2D eigenvalue weighted by atomic mass is 16.3. The minimum absolute atomic E-state index is 0.0459. The van der Waals surface area contributed by atoms with E-state index >= 15 is 0 Å². The van der Waals surface area contributed by atoms with E-state index in [0.29, 0.717) is 36.8 Å². The van der Waals surface area contributed by atoms with E-state index in [1.807, 2.05) is 63.4 Å². The number of carbonyl (C=O) groups is 1. The molecule has 1 saturated heterocycles. The Morgan fingerprint density at radius 2 is 1.88 bits per heavy atom. The number of aromatic nitrogens is 2. The minimum Gasteiger partial charge on any atom is -0.388 e. The largest absolute Gasteiger partial charge is 0.388 e. The highest BCUT2D eigenvalue weighted by molar-refractivity contribution is 5.78. The van der Waals surface area contributed by atoms with Crippen LogP contribution in [-0.2, 0) is 6.54 Å². The lowest BCUT2D eigenvalue weighted by atomic mass is 9.91. The molecular formula is C25H30N4O3. The van der Waals surface area contributed by atoms with Crippen LogP contribution in [0.5, 0.6) is 0 Å². The molecule has 2 heterocycles. The molecule has 1 atom stereocenters. The molecule has 1 aliphatic heterocycles. The Balaban J connectivity index is 1.42. The third-order valence-corrected chi connectivity index (χ3v) is 6.57. The summed E-state index contributed by atoms with van der Waals surface area (Å²) in [6.45, 7) is 5.02. The molecule has 0 spiro atoms. The Kier molecular flexibility index (Phi) is 6.02. The number of carbonyl (C=O) groups excluding carboxylic acids is 1. The molecule has 1 aromatic heterocycles. The fourth-order valence-corrected chi connectivity index (χ4v) is 4.31. The average molecular weight is 435 g/mol. The predicted octanol–water partition coefficient (Wildman–Crippen LogP) is 3.34. The molecule has 2 amide bonds. The Labute approximate surface area is 187 Å². The van der Waals surface area contributed by atoms with Gasteiger partial charge < -0.3 is 14.9 Å². The first kappa shape index (κ1) is 22.0. The number of hydrogen-bond acceptors (Lipinski definition) is 4. The summed E-state index contributed by atoms with van der Waals surface area (Å²) in [6, 6.07) is 15.4. The maximum absolute atomic E-state index is 13.0. The number of aliphatic hydroxyl groups is 1. The van der Waals surface area contributed by atoms with E-state index in [-0.39, 0.29) is 24.2 Å². The predicted molar refractivity (Wildman–Crippen MR) is 125 cm³/mol. The van der Waals surface area contributed by atoms with Gasteiger partial charge in [-0.2, -0.15) is 0 Å². The first-order valence-corrected chi connectivity index (χ1v) is 11.0. The maximum Gasteiger partial charge on any atom is 0.320 e. The molecule has 4 rings (SSSR count). The van der Waals surface area contributed by atoms with Crippen molar-refractivity contribution in [2.45, 2.75) is 44.9 Å². The van der Waals surface area contributed by atoms with Crippen LogP contribution >= 0.6 is 0 Å². The van der Waals surface area contributed by atoms with Crippen LogP contribution in [0.2, 0.25) is 0 Å². The van der Waals surface area contributed by atoms with E-state index in [1.54, 1.807) is 15.9 Å². The summed E-state index contributed by atoms with van der Waals surface area (Å²) in [6.07, 6.45) is 2.32. The third-order valence-electron chi connectivity index (χ3n) is 6.57. The van der Waals surface area contributed by atoms with Gasteiger partial charge in [0, 0.05) is 20.1 Å². The van der Waals surface area contributed by atoms with E-state index in [4.69, 9.17) is 0 Å². The van der Waals surface area contributed by atoms with Crippen molar-refractivity contribution < 1.29 is 9.90 Å². The Bertz CT molecular complexity index is 1170. The molecule has 0 unspecified atom stereocenters. The Morgan fingerprint density at radius 1 is 1.19 bits per heavy atom. The van der Waals surface area contributed by atoms with Gasteiger partial charge in [0.2, 0.25) is 0 Å². The number of aryl methyl sites for hydroxylation is 1. The number of benzene rings is 2. The zero-order valence-electron chi connectivity index (χ0n) is 18.9. The van der Waals surface area contributed by atoms with E-state index in [9.17, 15) is 14.7 Å². The molecular weight excluding hydrogens is 404 g/mol. The van der Waals surface area contributed by atoms with Gasteiger partial charge in [-0.15, -0.1) is 0 Å². The standard InChI is InChI=1S/C25H30N4O3/c1-18-9-10-21-22(15-18)26-17-29(23(21)30)16-25(32)11-13-28(14-12-25)24(31)27(3)19(2)20-7-5-4-6-8-20/h4-10,15,17,19,32H,11-14,16H2,1-3H3/t19-/m1/s1. The van der Waals surface area contributed by atoms with Crippen LogP contribution in [0.15, 0.2) is 59.7 Å². The van der Waals surface area contributed by atoms with Gasteiger partial charge in [-0.1, -0.05) is 36.4 Å². The van der Waals surface area contributed by atoms with Gasteiger partial charge in [-0.3, -0.25) is 9.36 Å². The Morgan fingerprint density at radius 3 is 2.56 bits per heavy atom. The number of urea groups is 1. The van der Waals surface area contributed by atoms with Crippen molar-refractivity contribution in [2.75, 3.05) is 20.1 Å². The summed E-state index contributed by atoms with van der Waals surface area (Å²) < 4.78 is 1.48. The summed E-state index contributed by atoms with van der Waals surface area (Å²) in [5.74, 6) is 0. The van der Waals surface area contributed by atoms with Crippen molar-refractivity contribution >= 4 is 16.9 Å². The zero-order chi connectivity index (χ0) is 22.9. The summed E-state index contributed by atoms with van der Waals surface area (Å²) in [5.41, 5.74) is 1.58. The quantitative estimate of drug-likeness (QED) is 0.683. The molecule has 0 aliphatic carbocycles. The third kappa shape index (κ3) is 4.39. The molecule has 1 aliphatic rings. The van der Waals surface area contributed by atoms with Crippen molar-refractivity contribution in [1.82, 2.24) is 19.4 Å². The molecule has 0 saturated carbocycles. The van der Waals surface area contributed by atoms with Gasteiger partial charge in [-0.25, -0.2) is 9.78 Å². The number of nitrogens with zero attached hydrogens (tertiary/aromatic N) is 4. The molecule has 1 N–H and O–H groups in total. The van der Waals surface area contributed by atoms with Crippen molar-refractivity contribution in [1.29, 1.82) is 0 Å². The van der Waals surface area contributed by atoms with Crippen LogP contribution in [0, 0.1) is 6.92 Å². The second-order valence-corrected chi connectivity index (χ2v) is 8.89. The maximum atomic E-state index is 13.0. The smallest absolute Gasteiger partial charge is 0.320 e. The summed E-state index contributed by atoms with van der Waals surface area (Å²) in [5, 5.41) is 11.7. The SMILES string of the molecule is Cc1ccc2c(=O)n(CC3(O)CCN(C(=O)N(C)[C@H](C)c4ccccc4)CC3)cnc2c1. The topological polar surface area (TPSA) is 78.7 Å². The van der Waals surface area contributed by atoms with E-state index in [1.165, 1.54) is 10.9 Å². The molecule has 2 aromatic carbocycles. The van der Waals surface area contributed by atoms with Gasteiger partial charge in [-0.05, 0) is 49.9 Å². The number of likely N-dealkylation sites (tertiary alicyclic amines) is 1. The van der Waals surface area contributed by atoms with Crippen molar-refractivity contribution in [3.63, 3.8) is 0 Å². The fraction of sp³-hybridized carbons (Fsp3) is 0.400. The van der Waals surface area contributed by atoms with Crippen LogP contribution in [0.4, 0.5) is 4.79 Å². The van der Waals surface area contributed by atoms with Gasteiger partial charge in [0.05, 0.1) is 35.4 Å². The van der Waals surface area contributed by atoms with Crippen LogP contribution in [0.1, 0.15) is 36.9 Å².